The number of alkyl halides is 3. The maximum absolute atomic E-state index is 12.1. The highest BCUT2D eigenvalue weighted by molar-refractivity contribution is 5.93. The number of hydrogen-bond donors (Lipinski definition) is 3. The molecule has 0 fully saturated rings. The van der Waals surface area contributed by atoms with E-state index >= 15 is 0 Å². The molecule has 0 saturated heterocycles. The lowest BCUT2D eigenvalue weighted by Gasteiger charge is -2.13. The van der Waals surface area contributed by atoms with Gasteiger partial charge in [0.15, 0.2) is 5.96 Å². The van der Waals surface area contributed by atoms with Crippen molar-refractivity contribution in [2.75, 3.05) is 26.7 Å². The van der Waals surface area contributed by atoms with Gasteiger partial charge in [-0.1, -0.05) is 24.3 Å². The molecule has 1 amide bonds. The SMILES string of the molecule is CN=C(NCCNC(=O)c1cccnc1)NCc1ccc(COCC(F)(F)F)cc1. The van der Waals surface area contributed by atoms with Gasteiger partial charge in [-0.2, -0.15) is 13.2 Å². The number of aliphatic imine (C=N–C) groups is 1. The molecule has 1 heterocycles. The highest BCUT2D eigenvalue weighted by Gasteiger charge is 2.27. The minimum absolute atomic E-state index is 0.0960. The first-order valence-electron chi connectivity index (χ1n) is 9.22. The molecule has 1 aromatic carbocycles. The van der Waals surface area contributed by atoms with Gasteiger partial charge in [-0.15, -0.1) is 0 Å². The fourth-order valence-electron chi connectivity index (χ4n) is 2.40. The molecular weight excluding hydrogens is 399 g/mol. The van der Waals surface area contributed by atoms with E-state index in [4.69, 9.17) is 0 Å². The zero-order valence-corrected chi connectivity index (χ0v) is 16.5. The van der Waals surface area contributed by atoms with Gasteiger partial charge in [0.2, 0.25) is 0 Å². The predicted molar refractivity (Wildman–Crippen MR) is 107 cm³/mol. The van der Waals surface area contributed by atoms with E-state index in [-0.39, 0.29) is 12.5 Å². The summed E-state index contributed by atoms with van der Waals surface area (Å²) in [6, 6.07) is 10.4. The van der Waals surface area contributed by atoms with Crippen LogP contribution in [-0.2, 0) is 17.9 Å². The molecule has 3 N–H and O–H groups in total. The fourth-order valence-corrected chi connectivity index (χ4v) is 2.40. The molecule has 0 unspecified atom stereocenters. The van der Waals surface area contributed by atoms with Crippen molar-refractivity contribution in [3.63, 3.8) is 0 Å². The number of carbonyl (C=O) groups excluding carboxylic acids is 1. The highest BCUT2D eigenvalue weighted by Crippen LogP contribution is 2.15. The van der Waals surface area contributed by atoms with Crippen LogP contribution >= 0.6 is 0 Å². The van der Waals surface area contributed by atoms with Gasteiger partial charge in [-0.25, -0.2) is 0 Å². The van der Waals surface area contributed by atoms with E-state index in [0.29, 0.717) is 36.7 Å². The Morgan fingerprint density at radius 2 is 1.77 bits per heavy atom. The molecule has 162 valence electrons. The molecule has 30 heavy (non-hydrogen) atoms. The van der Waals surface area contributed by atoms with E-state index in [1.54, 1.807) is 49.6 Å². The van der Waals surface area contributed by atoms with E-state index < -0.39 is 12.8 Å². The Balaban J connectivity index is 1.66. The number of ether oxygens (including phenoxy) is 1. The van der Waals surface area contributed by atoms with Crippen LogP contribution < -0.4 is 16.0 Å². The first kappa shape index (κ1) is 23.1. The lowest BCUT2D eigenvalue weighted by atomic mass is 10.1. The van der Waals surface area contributed by atoms with Crippen LogP contribution in [0.3, 0.4) is 0 Å². The number of pyridine rings is 1. The summed E-state index contributed by atoms with van der Waals surface area (Å²) >= 11 is 0. The molecule has 0 bridgehead atoms. The lowest BCUT2D eigenvalue weighted by molar-refractivity contribution is -0.176. The summed E-state index contributed by atoms with van der Waals surface area (Å²) in [6.45, 7) is -0.00415. The molecule has 1 aromatic heterocycles. The molecule has 2 rings (SSSR count). The van der Waals surface area contributed by atoms with Crippen molar-refractivity contribution in [1.29, 1.82) is 0 Å². The molecule has 0 aliphatic carbocycles. The van der Waals surface area contributed by atoms with Crippen molar-refractivity contribution in [1.82, 2.24) is 20.9 Å². The van der Waals surface area contributed by atoms with Crippen molar-refractivity contribution < 1.29 is 22.7 Å². The van der Waals surface area contributed by atoms with Gasteiger partial charge in [0, 0.05) is 39.1 Å². The third-order valence-corrected chi connectivity index (χ3v) is 3.87. The summed E-state index contributed by atoms with van der Waals surface area (Å²) in [4.78, 5) is 19.9. The fraction of sp³-hybridized carbons (Fsp3) is 0.350. The largest absolute Gasteiger partial charge is 0.411 e. The summed E-state index contributed by atoms with van der Waals surface area (Å²) < 4.78 is 40.9. The van der Waals surface area contributed by atoms with Crippen LogP contribution in [-0.4, -0.2) is 49.8 Å². The number of hydrogen-bond acceptors (Lipinski definition) is 4. The van der Waals surface area contributed by atoms with Gasteiger partial charge < -0.3 is 20.7 Å². The Morgan fingerprint density at radius 1 is 1.07 bits per heavy atom. The smallest absolute Gasteiger partial charge is 0.367 e. The van der Waals surface area contributed by atoms with E-state index in [1.165, 1.54) is 6.20 Å². The van der Waals surface area contributed by atoms with Crippen molar-refractivity contribution >= 4 is 11.9 Å². The third kappa shape index (κ3) is 8.91. The van der Waals surface area contributed by atoms with E-state index in [9.17, 15) is 18.0 Å². The van der Waals surface area contributed by atoms with Crippen LogP contribution in [0.25, 0.3) is 0 Å². The topological polar surface area (TPSA) is 87.6 Å². The summed E-state index contributed by atoms with van der Waals surface area (Å²) in [7, 11) is 1.63. The number of aromatic nitrogens is 1. The Morgan fingerprint density at radius 3 is 2.40 bits per heavy atom. The summed E-state index contributed by atoms with van der Waals surface area (Å²) in [5, 5.41) is 8.98. The Hall–Kier alpha value is -3.14. The second-order valence-corrected chi connectivity index (χ2v) is 6.27. The molecule has 0 radical (unpaired) electrons. The average molecular weight is 423 g/mol. The van der Waals surface area contributed by atoms with Gasteiger partial charge >= 0.3 is 6.18 Å². The number of halogens is 3. The van der Waals surface area contributed by atoms with Crippen molar-refractivity contribution in [3.8, 4) is 0 Å². The molecule has 0 aliphatic heterocycles. The lowest BCUT2D eigenvalue weighted by Crippen LogP contribution is -2.41. The highest BCUT2D eigenvalue weighted by atomic mass is 19.4. The maximum atomic E-state index is 12.1. The molecule has 7 nitrogen and oxygen atoms in total. The standard InChI is InChI=1S/C20H24F3N5O2/c1-24-19(27-10-9-26-18(29)17-3-2-8-25-12-17)28-11-15-4-6-16(7-5-15)13-30-14-20(21,22)23/h2-8,12H,9-11,13-14H2,1H3,(H,26,29)(H2,24,27,28). The monoisotopic (exact) mass is 423 g/mol. The summed E-state index contributed by atoms with van der Waals surface area (Å²) in [5.74, 6) is 0.357. The Bertz CT molecular complexity index is 811. The quantitative estimate of drug-likeness (QED) is 0.327. The summed E-state index contributed by atoms with van der Waals surface area (Å²) in [5.41, 5.74) is 2.09. The molecular formula is C20H24F3N5O2. The second kappa shape index (κ2) is 11.8. The van der Waals surface area contributed by atoms with Gasteiger partial charge in [0.05, 0.1) is 12.2 Å². The number of amides is 1. The average Bonchev–Trinajstić information content (AvgIpc) is 2.74. The van der Waals surface area contributed by atoms with Crippen molar-refractivity contribution in [2.24, 2.45) is 4.99 Å². The van der Waals surface area contributed by atoms with Gasteiger partial charge in [0.1, 0.15) is 6.61 Å². The van der Waals surface area contributed by atoms with Gasteiger partial charge in [-0.3, -0.25) is 14.8 Å². The number of guanidine groups is 1. The van der Waals surface area contributed by atoms with Gasteiger partial charge in [0.25, 0.3) is 5.91 Å². The van der Waals surface area contributed by atoms with Crippen LogP contribution in [0, 0.1) is 0 Å². The maximum Gasteiger partial charge on any atom is 0.411 e. The zero-order chi connectivity index (χ0) is 21.8. The van der Waals surface area contributed by atoms with Crippen molar-refractivity contribution in [2.45, 2.75) is 19.3 Å². The van der Waals surface area contributed by atoms with Crippen LogP contribution in [0.2, 0.25) is 0 Å². The Labute approximate surface area is 172 Å². The molecule has 2 aromatic rings. The first-order valence-corrected chi connectivity index (χ1v) is 9.22. The van der Waals surface area contributed by atoms with Crippen LogP contribution in [0.15, 0.2) is 53.8 Å². The molecule has 0 aliphatic rings. The molecule has 10 heteroatoms. The minimum Gasteiger partial charge on any atom is -0.367 e. The summed E-state index contributed by atoms with van der Waals surface area (Å²) in [6.07, 6.45) is -1.23. The van der Waals surface area contributed by atoms with Crippen molar-refractivity contribution in [3.05, 3.63) is 65.5 Å². The van der Waals surface area contributed by atoms with E-state index in [2.05, 4.69) is 30.7 Å². The molecule has 0 saturated carbocycles. The third-order valence-electron chi connectivity index (χ3n) is 3.87. The van der Waals surface area contributed by atoms with Gasteiger partial charge in [-0.05, 0) is 23.3 Å². The van der Waals surface area contributed by atoms with Crippen LogP contribution in [0.4, 0.5) is 13.2 Å². The second-order valence-electron chi connectivity index (χ2n) is 6.27. The minimum atomic E-state index is -4.33. The van der Waals surface area contributed by atoms with Crippen LogP contribution in [0.5, 0.6) is 0 Å². The Kier molecular flexibility index (Phi) is 9.07. The van der Waals surface area contributed by atoms with Crippen LogP contribution in [0.1, 0.15) is 21.5 Å². The number of benzene rings is 1. The normalized spacial score (nSPS) is 11.8. The number of nitrogens with zero attached hydrogens (tertiary/aromatic N) is 2. The molecule has 0 spiro atoms. The van der Waals surface area contributed by atoms with E-state index in [0.717, 1.165) is 5.56 Å². The first-order chi connectivity index (χ1) is 14.4. The van der Waals surface area contributed by atoms with E-state index in [1.807, 2.05) is 0 Å². The zero-order valence-electron chi connectivity index (χ0n) is 16.5. The molecule has 0 atom stereocenters. The predicted octanol–water partition coefficient (Wildman–Crippen LogP) is 2.26. The number of carbonyl (C=O) groups is 1. The number of rotatable bonds is 9. The number of nitrogens with one attached hydrogen (secondary N) is 3.